The lowest BCUT2D eigenvalue weighted by Gasteiger charge is -2.32. The van der Waals surface area contributed by atoms with E-state index >= 15 is 0 Å². The molecule has 8 heteroatoms. The summed E-state index contributed by atoms with van der Waals surface area (Å²) in [5.41, 5.74) is 2.09. The lowest BCUT2D eigenvalue weighted by Crippen LogP contribution is -2.41. The summed E-state index contributed by atoms with van der Waals surface area (Å²) >= 11 is 5.90. The van der Waals surface area contributed by atoms with Crippen LogP contribution in [0.2, 0.25) is 5.02 Å². The van der Waals surface area contributed by atoms with Crippen molar-refractivity contribution in [3.63, 3.8) is 0 Å². The van der Waals surface area contributed by atoms with Gasteiger partial charge in [-0.25, -0.2) is 4.98 Å². The number of benzene rings is 1. The van der Waals surface area contributed by atoms with Crippen molar-refractivity contribution in [2.75, 3.05) is 24.5 Å². The number of nitrogens with zero attached hydrogens (tertiary/aromatic N) is 5. The van der Waals surface area contributed by atoms with E-state index in [4.69, 9.17) is 11.6 Å². The first-order chi connectivity index (χ1) is 13.6. The Morgan fingerprint density at radius 3 is 2.75 bits per heavy atom. The molecule has 1 N–H and O–H groups in total. The van der Waals surface area contributed by atoms with Crippen LogP contribution in [0.4, 0.5) is 5.82 Å². The van der Waals surface area contributed by atoms with Crippen molar-refractivity contribution >= 4 is 29.1 Å². The lowest BCUT2D eigenvalue weighted by atomic mass is 9.96. The number of nitrogens with one attached hydrogen (secondary N) is 1. The van der Waals surface area contributed by atoms with Gasteiger partial charge in [-0.3, -0.25) is 4.79 Å². The monoisotopic (exact) mass is 398 g/mol. The van der Waals surface area contributed by atoms with Gasteiger partial charge >= 0.3 is 0 Å². The summed E-state index contributed by atoms with van der Waals surface area (Å²) in [6, 6.07) is 9.76. The molecule has 3 heterocycles. The van der Waals surface area contributed by atoms with Crippen LogP contribution in [0.1, 0.15) is 24.1 Å². The molecule has 0 unspecified atom stereocenters. The largest absolute Gasteiger partial charge is 0.356 e. The van der Waals surface area contributed by atoms with Gasteiger partial charge < -0.3 is 10.2 Å². The molecule has 7 nitrogen and oxygen atoms in total. The van der Waals surface area contributed by atoms with Gasteiger partial charge in [-0.15, -0.1) is 0 Å². The molecule has 1 fully saturated rings. The fourth-order valence-electron chi connectivity index (χ4n) is 3.63. The molecule has 146 valence electrons. The van der Waals surface area contributed by atoms with Crippen molar-refractivity contribution in [1.29, 1.82) is 0 Å². The summed E-state index contributed by atoms with van der Waals surface area (Å²) in [6.45, 7) is 4.23. The van der Waals surface area contributed by atoms with Crippen LogP contribution in [0.25, 0.3) is 5.78 Å². The summed E-state index contributed by atoms with van der Waals surface area (Å²) in [5.74, 6) is 1.79. The van der Waals surface area contributed by atoms with Crippen molar-refractivity contribution in [3.05, 3.63) is 52.9 Å². The van der Waals surface area contributed by atoms with Crippen molar-refractivity contribution in [2.45, 2.75) is 26.2 Å². The zero-order valence-corrected chi connectivity index (χ0v) is 16.6. The maximum absolute atomic E-state index is 12.5. The Labute approximate surface area is 168 Å². The first kappa shape index (κ1) is 18.7. The average Bonchev–Trinajstić information content (AvgIpc) is 3.17. The molecule has 1 saturated heterocycles. The fraction of sp³-hybridized carbons (Fsp3) is 0.400. The minimum Gasteiger partial charge on any atom is -0.356 e. The zero-order valence-electron chi connectivity index (χ0n) is 15.8. The van der Waals surface area contributed by atoms with Gasteiger partial charge in [0.2, 0.25) is 5.91 Å². The number of carbonyl (C=O) groups excluding carboxylic acids is 1. The van der Waals surface area contributed by atoms with E-state index in [1.54, 1.807) is 4.52 Å². The van der Waals surface area contributed by atoms with Gasteiger partial charge in [0.15, 0.2) is 0 Å². The van der Waals surface area contributed by atoms with Gasteiger partial charge in [0.25, 0.3) is 5.78 Å². The van der Waals surface area contributed by atoms with E-state index < -0.39 is 0 Å². The number of aryl methyl sites for hydroxylation is 1. The van der Waals surface area contributed by atoms with E-state index in [2.05, 4.69) is 25.3 Å². The van der Waals surface area contributed by atoms with E-state index in [-0.39, 0.29) is 11.8 Å². The van der Waals surface area contributed by atoms with Crippen LogP contribution in [0.3, 0.4) is 0 Å². The zero-order chi connectivity index (χ0) is 19.5. The molecule has 0 aliphatic carbocycles. The molecule has 1 aliphatic heterocycles. The molecule has 1 aromatic carbocycles. The number of rotatable bonds is 5. The molecule has 0 bridgehead atoms. The number of halogens is 1. The second-order valence-corrected chi connectivity index (χ2v) is 7.59. The van der Waals surface area contributed by atoms with Crippen LogP contribution in [-0.4, -0.2) is 45.1 Å². The third-order valence-corrected chi connectivity index (χ3v) is 5.43. The number of piperidine rings is 1. The first-order valence-electron chi connectivity index (χ1n) is 9.54. The quantitative estimate of drug-likeness (QED) is 0.715. The molecule has 1 amide bonds. The summed E-state index contributed by atoms with van der Waals surface area (Å²) in [4.78, 5) is 23.4. The first-order valence-corrected chi connectivity index (χ1v) is 9.92. The number of hydrogen-bond acceptors (Lipinski definition) is 5. The maximum atomic E-state index is 12.5. The van der Waals surface area contributed by atoms with Crippen LogP contribution >= 0.6 is 11.6 Å². The minimum absolute atomic E-state index is 0.0515. The standard InChI is InChI=1S/C20H23ClN6O/c1-14-12-18(27-20(25-14)23-13-24-27)26-10-7-16(8-11-26)19(28)22-9-6-15-2-4-17(21)5-3-15/h2-5,12-13,16H,6-11H2,1H3,(H,22,28). The van der Waals surface area contributed by atoms with E-state index in [0.29, 0.717) is 12.3 Å². The van der Waals surface area contributed by atoms with Crippen molar-refractivity contribution in [3.8, 4) is 0 Å². The molecule has 2 aromatic heterocycles. The highest BCUT2D eigenvalue weighted by atomic mass is 35.5. The normalized spacial score (nSPS) is 15.1. The highest BCUT2D eigenvalue weighted by Crippen LogP contribution is 2.24. The molecular weight excluding hydrogens is 376 g/mol. The summed E-state index contributed by atoms with van der Waals surface area (Å²) < 4.78 is 1.76. The molecule has 4 rings (SSSR count). The predicted molar refractivity (Wildman–Crippen MR) is 109 cm³/mol. The second kappa shape index (κ2) is 8.14. The third kappa shape index (κ3) is 4.09. The second-order valence-electron chi connectivity index (χ2n) is 7.16. The molecular formula is C20H23ClN6O. The predicted octanol–water partition coefficient (Wildman–Crippen LogP) is 2.66. The van der Waals surface area contributed by atoms with E-state index in [9.17, 15) is 4.79 Å². The van der Waals surface area contributed by atoms with Gasteiger partial charge in [0.05, 0.1) is 0 Å². The minimum atomic E-state index is 0.0515. The SMILES string of the molecule is Cc1cc(N2CCC(C(=O)NCCc3ccc(Cl)cc3)CC2)n2ncnc2n1. The third-order valence-electron chi connectivity index (χ3n) is 5.18. The van der Waals surface area contributed by atoms with Crippen molar-refractivity contribution < 1.29 is 4.79 Å². The molecule has 0 atom stereocenters. The van der Waals surface area contributed by atoms with Crippen LogP contribution in [0.15, 0.2) is 36.7 Å². The van der Waals surface area contributed by atoms with Crippen LogP contribution in [0.5, 0.6) is 0 Å². The van der Waals surface area contributed by atoms with Gasteiger partial charge in [0.1, 0.15) is 12.1 Å². The summed E-state index contributed by atoms with van der Waals surface area (Å²) in [5, 5.41) is 8.08. The Hall–Kier alpha value is -2.67. The number of hydrogen-bond donors (Lipinski definition) is 1. The Kier molecular flexibility index (Phi) is 5.43. The van der Waals surface area contributed by atoms with E-state index in [0.717, 1.165) is 48.9 Å². The van der Waals surface area contributed by atoms with Crippen LogP contribution < -0.4 is 10.2 Å². The molecule has 28 heavy (non-hydrogen) atoms. The molecule has 0 saturated carbocycles. The number of fused-ring (bicyclic) bond motifs is 1. The smallest absolute Gasteiger partial charge is 0.254 e. The molecule has 1 aliphatic rings. The van der Waals surface area contributed by atoms with Crippen LogP contribution in [0, 0.1) is 12.8 Å². The number of aromatic nitrogens is 4. The van der Waals surface area contributed by atoms with Gasteiger partial charge in [-0.2, -0.15) is 14.6 Å². The van der Waals surface area contributed by atoms with Gasteiger partial charge in [-0.1, -0.05) is 23.7 Å². The van der Waals surface area contributed by atoms with Crippen LogP contribution in [-0.2, 0) is 11.2 Å². The topological polar surface area (TPSA) is 75.4 Å². The summed E-state index contributed by atoms with van der Waals surface area (Å²) in [7, 11) is 0. The Morgan fingerprint density at radius 1 is 1.25 bits per heavy atom. The maximum Gasteiger partial charge on any atom is 0.254 e. The van der Waals surface area contributed by atoms with E-state index in [1.807, 2.05) is 37.3 Å². The Bertz CT molecular complexity index is 962. The lowest BCUT2D eigenvalue weighted by molar-refractivity contribution is -0.125. The van der Waals surface area contributed by atoms with Gasteiger partial charge in [-0.05, 0) is 43.9 Å². The highest BCUT2D eigenvalue weighted by Gasteiger charge is 2.26. The number of carbonyl (C=O) groups is 1. The van der Waals surface area contributed by atoms with Crippen molar-refractivity contribution in [1.82, 2.24) is 24.9 Å². The molecule has 3 aromatic rings. The van der Waals surface area contributed by atoms with Gasteiger partial charge in [0, 0.05) is 42.3 Å². The summed E-state index contributed by atoms with van der Waals surface area (Å²) in [6.07, 6.45) is 3.98. The Morgan fingerprint density at radius 2 is 2.00 bits per heavy atom. The number of amides is 1. The fourth-order valence-corrected chi connectivity index (χ4v) is 3.76. The van der Waals surface area contributed by atoms with Crippen molar-refractivity contribution in [2.24, 2.45) is 5.92 Å². The van der Waals surface area contributed by atoms with E-state index in [1.165, 1.54) is 11.9 Å². The molecule has 0 spiro atoms. The average molecular weight is 399 g/mol. The molecule has 0 radical (unpaired) electrons. The highest BCUT2D eigenvalue weighted by molar-refractivity contribution is 6.30. The number of anilines is 1. The Balaban J connectivity index is 1.30.